The summed E-state index contributed by atoms with van der Waals surface area (Å²) in [5.41, 5.74) is 0.437. The minimum absolute atomic E-state index is 0.0695. The van der Waals surface area contributed by atoms with E-state index in [9.17, 15) is 13.2 Å². The number of carbonyl (C=O) groups is 1. The average molecular weight is 264 g/mol. The molecule has 18 heavy (non-hydrogen) atoms. The number of carbonyl (C=O) groups excluding carboxylic acids is 1. The molecule has 0 aliphatic rings. The highest BCUT2D eigenvalue weighted by Crippen LogP contribution is 2.14. The van der Waals surface area contributed by atoms with Crippen molar-refractivity contribution in [2.24, 2.45) is 0 Å². The summed E-state index contributed by atoms with van der Waals surface area (Å²) >= 11 is 0. The van der Waals surface area contributed by atoms with Crippen molar-refractivity contribution < 1.29 is 13.2 Å². The maximum atomic E-state index is 12.0. The highest BCUT2D eigenvalue weighted by molar-refractivity contribution is 7.92. The van der Waals surface area contributed by atoms with Gasteiger partial charge in [-0.15, -0.1) is 0 Å². The van der Waals surface area contributed by atoms with Gasteiger partial charge in [-0.25, -0.2) is 12.9 Å². The van der Waals surface area contributed by atoms with Crippen LogP contribution in [0.15, 0.2) is 24.8 Å². The maximum Gasteiger partial charge on any atom is 0.210 e. The fourth-order valence-corrected chi connectivity index (χ4v) is 2.22. The van der Waals surface area contributed by atoms with Crippen molar-refractivity contribution in [2.45, 2.75) is 5.25 Å². The van der Waals surface area contributed by atoms with Crippen molar-refractivity contribution in [2.75, 3.05) is 6.26 Å². The zero-order valence-corrected chi connectivity index (χ0v) is 10.1. The van der Waals surface area contributed by atoms with Gasteiger partial charge in [-0.05, 0) is 0 Å². The largest absolute Gasteiger partial charge is 0.291 e. The standard InChI is InChI=1S/C10H8N4O3S/c1-18(16,17)9(4-11)10(15)7-5-13-14-3-2-12-6-8(7)14/h2-3,5-6,9H,1H3. The molecule has 0 amide bonds. The Balaban J connectivity index is 2.56. The zero-order chi connectivity index (χ0) is 13.3. The van der Waals surface area contributed by atoms with Crippen molar-refractivity contribution in [3.63, 3.8) is 0 Å². The lowest BCUT2D eigenvalue weighted by atomic mass is 10.1. The number of nitriles is 1. The highest BCUT2D eigenvalue weighted by atomic mass is 32.2. The topological polar surface area (TPSA) is 105 Å². The second kappa shape index (κ2) is 4.19. The van der Waals surface area contributed by atoms with E-state index in [1.807, 2.05) is 0 Å². The summed E-state index contributed by atoms with van der Waals surface area (Å²) in [6.45, 7) is 0. The van der Waals surface area contributed by atoms with E-state index < -0.39 is 20.9 Å². The number of Topliss-reactive ketones (excluding diaryl/α,β-unsaturated/α-hetero) is 1. The first-order chi connectivity index (χ1) is 8.45. The summed E-state index contributed by atoms with van der Waals surface area (Å²) in [4.78, 5) is 15.8. The number of aromatic nitrogens is 3. The number of hydrogen-bond acceptors (Lipinski definition) is 6. The molecule has 0 saturated heterocycles. The molecule has 0 bridgehead atoms. The number of hydrogen-bond donors (Lipinski definition) is 0. The molecular weight excluding hydrogens is 256 g/mol. The first kappa shape index (κ1) is 12.2. The molecule has 7 nitrogen and oxygen atoms in total. The SMILES string of the molecule is CS(=O)(=O)C(C#N)C(=O)c1cnn2ccncc12. The van der Waals surface area contributed by atoms with E-state index in [-0.39, 0.29) is 5.56 Å². The van der Waals surface area contributed by atoms with Crippen LogP contribution in [0, 0.1) is 11.3 Å². The number of sulfone groups is 1. The van der Waals surface area contributed by atoms with E-state index in [1.54, 1.807) is 0 Å². The number of nitrogens with zero attached hydrogens (tertiary/aromatic N) is 4. The Morgan fingerprint density at radius 1 is 1.50 bits per heavy atom. The van der Waals surface area contributed by atoms with E-state index >= 15 is 0 Å². The normalized spacial score (nSPS) is 13.1. The Morgan fingerprint density at radius 2 is 2.22 bits per heavy atom. The Bertz CT molecular complexity index is 757. The van der Waals surface area contributed by atoms with Gasteiger partial charge in [0.15, 0.2) is 15.6 Å². The van der Waals surface area contributed by atoms with Crippen LogP contribution in [0.25, 0.3) is 5.52 Å². The molecule has 2 heterocycles. The van der Waals surface area contributed by atoms with E-state index in [1.165, 1.54) is 35.4 Å². The molecule has 1 atom stereocenters. The van der Waals surface area contributed by atoms with Gasteiger partial charge in [0, 0.05) is 18.6 Å². The van der Waals surface area contributed by atoms with E-state index in [2.05, 4.69) is 10.1 Å². The number of ketones is 1. The van der Waals surface area contributed by atoms with E-state index in [0.29, 0.717) is 5.52 Å². The van der Waals surface area contributed by atoms with Gasteiger partial charge in [0.2, 0.25) is 5.25 Å². The van der Waals surface area contributed by atoms with Crippen LogP contribution in [0.2, 0.25) is 0 Å². The second-order valence-corrected chi connectivity index (χ2v) is 5.80. The first-order valence-corrected chi connectivity index (χ1v) is 6.80. The van der Waals surface area contributed by atoms with Gasteiger partial charge < -0.3 is 0 Å². The molecule has 2 aromatic rings. The van der Waals surface area contributed by atoms with Crippen LogP contribution in [-0.4, -0.2) is 40.3 Å². The summed E-state index contributed by atoms with van der Waals surface area (Å²) in [5.74, 6) is -0.789. The molecule has 92 valence electrons. The van der Waals surface area contributed by atoms with Crippen LogP contribution in [0.4, 0.5) is 0 Å². The fourth-order valence-electron chi connectivity index (χ4n) is 1.51. The molecule has 0 fully saturated rings. The second-order valence-electron chi connectivity index (χ2n) is 3.67. The van der Waals surface area contributed by atoms with Gasteiger partial charge in [-0.2, -0.15) is 10.4 Å². The smallest absolute Gasteiger partial charge is 0.210 e. The van der Waals surface area contributed by atoms with E-state index in [0.717, 1.165) is 6.26 Å². The predicted molar refractivity (Wildman–Crippen MR) is 61.6 cm³/mol. The van der Waals surface area contributed by atoms with Crippen molar-refractivity contribution in [3.05, 3.63) is 30.4 Å². The summed E-state index contributed by atoms with van der Waals surface area (Å²) in [7, 11) is -3.78. The quantitative estimate of drug-likeness (QED) is 0.714. The lowest BCUT2D eigenvalue weighted by Crippen LogP contribution is -2.27. The van der Waals surface area contributed by atoms with Gasteiger partial charge >= 0.3 is 0 Å². The summed E-state index contributed by atoms with van der Waals surface area (Å²) < 4.78 is 24.1. The molecular formula is C10H8N4O3S. The lowest BCUT2D eigenvalue weighted by Gasteiger charge is -2.04. The summed E-state index contributed by atoms with van der Waals surface area (Å²) in [6, 6.07) is 1.50. The third-order valence-corrected chi connectivity index (χ3v) is 3.55. The van der Waals surface area contributed by atoms with Crippen molar-refractivity contribution in [1.82, 2.24) is 14.6 Å². The Morgan fingerprint density at radius 3 is 2.83 bits per heavy atom. The van der Waals surface area contributed by atoms with Gasteiger partial charge in [-0.3, -0.25) is 9.78 Å². The molecule has 0 N–H and O–H groups in total. The molecule has 0 radical (unpaired) electrons. The van der Waals surface area contributed by atoms with Crippen LogP contribution >= 0.6 is 0 Å². The predicted octanol–water partition coefficient (Wildman–Crippen LogP) is -0.151. The fraction of sp³-hybridized carbons (Fsp3) is 0.200. The minimum Gasteiger partial charge on any atom is -0.291 e. The van der Waals surface area contributed by atoms with Crippen LogP contribution in [0.5, 0.6) is 0 Å². The van der Waals surface area contributed by atoms with Crippen LogP contribution in [0.3, 0.4) is 0 Å². The number of fused-ring (bicyclic) bond motifs is 1. The van der Waals surface area contributed by atoms with E-state index in [4.69, 9.17) is 5.26 Å². The Labute approximate surface area is 103 Å². The first-order valence-electron chi connectivity index (χ1n) is 4.85. The lowest BCUT2D eigenvalue weighted by molar-refractivity contribution is 0.100. The van der Waals surface area contributed by atoms with Gasteiger partial charge in [0.25, 0.3) is 0 Å². The molecule has 2 rings (SSSR count). The van der Waals surface area contributed by atoms with Crippen LogP contribution in [-0.2, 0) is 9.84 Å². The third-order valence-electron chi connectivity index (χ3n) is 2.37. The van der Waals surface area contributed by atoms with Crippen molar-refractivity contribution in [1.29, 1.82) is 5.26 Å². The van der Waals surface area contributed by atoms with Gasteiger partial charge in [0.1, 0.15) is 0 Å². The van der Waals surface area contributed by atoms with Gasteiger partial charge in [0.05, 0.1) is 29.5 Å². The van der Waals surface area contributed by atoms with Crippen LogP contribution < -0.4 is 0 Å². The van der Waals surface area contributed by atoms with Gasteiger partial charge in [-0.1, -0.05) is 0 Å². The molecule has 0 saturated carbocycles. The van der Waals surface area contributed by atoms with Crippen molar-refractivity contribution in [3.8, 4) is 6.07 Å². The molecule has 1 unspecified atom stereocenters. The molecule has 0 spiro atoms. The Kier molecular flexibility index (Phi) is 2.84. The van der Waals surface area contributed by atoms with Crippen molar-refractivity contribution >= 4 is 21.1 Å². The molecule has 0 aromatic carbocycles. The Hall–Kier alpha value is -2.27. The average Bonchev–Trinajstić information content (AvgIpc) is 2.71. The minimum atomic E-state index is -3.78. The maximum absolute atomic E-state index is 12.0. The summed E-state index contributed by atoms with van der Waals surface area (Å²) in [6.07, 6.45) is 6.47. The molecule has 0 aliphatic carbocycles. The highest BCUT2D eigenvalue weighted by Gasteiger charge is 2.31. The monoisotopic (exact) mass is 264 g/mol. The third kappa shape index (κ3) is 1.96. The van der Waals surface area contributed by atoms with Crippen LogP contribution in [0.1, 0.15) is 10.4 Å². The number of rotatable bonds is 3. The molecule has 8 heteroatoms. The molecule has 0 aliphatic heterocycles. The zero-order valence-electron chi connectivity index (χ0n) is 9.31. The molecule has 2 aromatic heterocycles. The summed E-state index contributed by atoms with van der Waals surface area (Å²) in [5, 5.41) is 11.0.